The maximum atomic E-state index is 11.6. The third kappa shape index (κ3) is 6.43. The summed E-state index contributed by atoms with van der Waals surface area (Å²) in [6, 6.07) is 9.33. The largest absolute Gasteiger partial charge is 0.369 e. The van der Waals surface area contributed by atoms with Crippen LogP contribution >= 0.6 is 0 Å². The van der Waals surface area contributed by atoms with Gasteiger partial charge in [0.1, 0.15) is 0 Å². The van der Waals surface area contributed by atoms with Crippen LogP contribution in [0.3, 0.4) is 0 Å². The van der Waals surface area contributed by atoms with Crippen molar-refractivity contribution in [2.45, 2.75) is 52.2 Å². The summed E-state index contributed by atoms with van der Waals surface area (Å²) < 4.78 is 0. The molecule has 0 radical (unpaired) electrons. The van der Waals surface area contributed by atoms with Crippen LogP contribution in [0, 0.1) is 5.92 Å². The number of amides is 1. The van der Waals surface area contributed by atoms with Crippen molar-refractivity contribution < 1.29 is 4.79 Å². The Kier molecular flexibility index (Phi) is 8.72. The molecule has 1 aromatic carbocycles. The molecule has 31 heavy (non-hydrogen) atoms. The molecule has 0 spiro atoms. The molecule has 3 rings (SSSR count). The van der Waals surface area contributed by atoms with Gasteiger partial charge in [0.05, 0.1) is 5.92 Å². The van der Waals surface area contributed by atoms with E-state index in [4.69, 9.17) is 5.73 Å². The van der Waals surface area contributed by atoms with E-state index in [0.717, 1.165) is 71.2 Å². The Balaban J connectivity index is 1.53. The Bertz CT molecular complexity index is 747. The number of primary amides is 1. The maximum Gasteiger partial charge on any atom is 0.221 e. The first kappa shape index (κ1) is 23.5. The van der Waals surface area contributed by atoms with E-state index < -0.39 is 0 Å². The number of benzene rings is 1. The topological polar surface area (TPSA) is 77.2 Å². The van der Waals surface area contributed by atoms with Crippen molar-refractivity contribution in [3.05, 3.63) is 35.4 Å². The number of hydrogen-bond donors (Lipinski definition) is 2. The van der Waals surface area contributed by atoms with Gasteiger partial charge in [-0.3, -0.25) is 19.6 Å². The van der Waals surface area contributed by atoms with E-state index in [1.54, 1.807) is 0 Å². The zero-order chi connectivity index (χ0) is 22.2. The van der Waals surface area contributed by atoms with Crippen molar-refractivity contribution >= 4 is 11.9 Å². The molecule has 2 heterocycles. The highest BCUT2D eigenvalue weighted by molar-refractivity contribution is 5.80. The van der Waals surface area contributed by atoms with E-state index in [2.05, 4.69) is 63.1 Å². The molecule has 0 aromatic heterocycles. The predicted octanol–water partition coefficient (Wildman–Crippen LogP) is 1.88. The van der Waals surface area contributed by atoms with Gasteiger partial charge in [-0.1, -0.05) is 38.1 Å². The fraction of sp³-hybridized carbons (Fsp3) is 0.667. The molecular weight excluding hydrogens is 388 g/mol. The van der Waals surface area contributed by atoms with Crippen molar-refractivity contribution in [2.75, 3.05) is 46.3 Å². The van der Waals surface area contributed by atoms with Gasteiger partial charge in [0.15, 0.2) is 5.96 Å². The third-order valence-corrected chi connectivity index (χ3v) is 6.76. The van der Waals surface area contributed by atoms with Crippen LogP contribution < -0.4 is 11.1 Å². The lowest BCUT2D eigenvalue weighted by Gasteiger charge is -2.31. The van der Waals surface area contributed by atoms with Gasteiger partial charge in [-0.05, 0) is 50.0 Å². The van der Waals surface area contributed by atoms with Crippen LogP contribution in [0.2, 0.25) is 0 Å². The lowest BCUT2D eigenvalue weighted by Crippen LogP contribution is -2.43. The van der Waals surface area contributed by atoms with Crippen molar-refractivity contribution in [1.82, 2.24) is 20.0 Å². The molecule has 1 aromatic rings. The summed E-state index contributed by atoms with van der Waals surface area (Å²) >= 11 is 0. The first-order valence-electron chi connectivity index (χ1n) is 11.8. The van der Waals surface area contributed by atoms with E-state index in [0.29, 0.717) is 6.04 Å². The molecule has 0 aliphatic carbocycles. The summed E-state index contributed by atoms with van der Waals surface area (Å²) in [5.74, 6) is 0.808. The monoisotopic (exact) mass is 428 g/mol. The minimum atomic E-state index is -0.167. The molecular formula is C24H40N6O. The SMILES string of the molecule is CCN(CC)C1CCN(C(=NC)NCc2cccc(CN3CCCC(C(N)=O)C3)c2)C1. The van der Waals surface area contributed by atoms with Gasteiger partial charge in [-0.2, -0.15) is 0 Å². The second-order valence-electron chi connectivity index (χ2n) is 8.81. The number of rotatable bonds is 8. The fourth-order valence-electron chi connectivity index (χ4n) is 5.01. The number of carbonyl (C=O) groups is 1. The molecule has 2 aliphatic heterocycles. The number of nitrogens with zero attached hydrogens (tertiary/aromatic N) is 4. The highest BCUT2D eigenvalue weighted by Gasteiger charge is 2.28. The van der Waals surface area contributed by atoms with Crippen molar-refractivity contribution in [1.29, 1.82) is 0 Å². The quantitative estimate of drug-likeness (QED) is 0.488. The smallest absolute Gasteiger partial charge is 0.221 e. The van der Waals surface area contributed by atoms with Crippen LogP contribution in [-0.4, -0.2) is 78.9 Å². The molecule has 0 bridgehead atoms. The third-order valence-electron chi connectivity index (χ3n) is 6.76. The highest BCUT2D eigenvalue weighted by atomic mass is 16.1. The zero-order valence-corrected chi connectivity index (χ0v) is 19.5. The number of guanidine groups is 1. The van der Waals surface area contributed by atoms with E-state index >= 15 is 0 Å². The fourth-order valence-corrected chi connectivity index (χ4v) is 5.01. The number of likely N-dealkylation sites (N-methyl/N-ethyl adjacent to an activating group) is 1. The lowest BCUT2D eigenvalue weighted by atomic mass is 9.97. The number of nitrogens with two attached hydrogens (primary N) is 1. The Morgan fingerprint density at radius 2 is 1.97 bits per heavy atom. The summed E-state index contributed by atoms with van der Waals surface area (Å²) in [5, 5.41) is 3.56. The Hall–Kier alpha value is -2.12. The van der Waals surface area contributed by atoms with Gasteiger partial charge in [0, 0.05) is 45.8 Å². The summed E-state index contributed by atoms with van der Waals surface area (Å²) in [6.07, 6.45) is 3.15. The molecule has 2 fully saturated rings. The Morgan fingerprint density at radius 3 is 2.68 bits per heavy atom. The van der Waals surface area contributed by atoms with E-state index in [1.165, 1.54) is 17.5 Å². The van der Waals surface area contributed by atoms with E-state index in [1.807, 2.05) is 7.05 Å². The number of carbonyl (C=O) groups excluding carboxylic acids is 1. The number of aliphatic imine (C=N–C) groups is 1. The van der Waals surface area contributed by atoms with Crippen molar-refractivity contribution in [3.8, 4) is 0 Å². The molecule has 172 valence electrons. The Labute approximate surface area is 187 Å². The van der Waals surface area contributed by atoms with Crippen LogP contribution in [0.4, 0.5) is 0 Å². The molecule has 1 amide bonds. The second kappa shape index (κ2) is 11.5. The number of nitrogens with one attached hydrogen (secondary N) is 1. The van der Waals surface area contributed by atoms with E-state index in [-0.39, 0.29) is 11.8 Å². The second-order valence-corrected chi connectivity index (χ2v) is 8.81. The van der Waals surface area contributed by atoms with Gasteiger partial charge in [0.2, 0.25) is 5.91 Å². The molecule has 3 N–H and O–H groups in total. The summed E-state index contributed by atoms with van der Waals surface area (Å²) in [6.45, 7) is 12.2. The lowest BCUT2D eigenvalue weighted by molar-refractivity contribution is -0.123. The Morgan fingerprint density at radius 1 is 1.19 bits per heavy atom. The molecule has 7 nitrogen and oxygen atoms in total. The molecule has 2 unspecified atom stereocenters. The number of hydrogen-bond acceptors (Lipinski definition) is 4. The highest BCUT2D eigenvalue weighted by Crippen LogP contribution is 2.19. The van der Waals surface area contributed by atoms with Gasteiger partial charge in [0.25, 0.3) is 0 Å². The normalized spacial score (nSPS) is 22.8. The average molecular weight is 429 g/mol. The van der Waals surface area contributed by atoms with Gasteiger partial charge >= 0.3 is 0 Å². The minimum absolute atomic E-state index is 0.0115. The number of piperidine rings is 1. The summed E-state index contributed by atoms with van der Waals surface area (Å²) in [7, 11) is 1.87. The van der Waals surface area contributed by atoms with Crippen LogP contribution in [0.5, 0.6) is 0 Å². The van der Waals surface area contributed by atoms with Gasteiger partial charge < -0.3 is 16.0 Å². The maximum absolute atomic E-state index is 11.6. The molecule has 2 atom stereocenters. The number of likely N-dealkylation sites (tertiary alicyclic amines) is 2. The first-order chi connectivity index (χ1) is 15.0. The average Bonchev–Trinajstić information content (AvgIpc) is 3.25. The van der Waals surface area contributed by atoms with Gasteiger partial charge in [-0.25, -0.2) is 0 Å². The van der Waals surface area contributed by atoms with E-state index in [9.17, 15) is 4.79 Å². The molecule has 0 saturated carbocycles. The van der Waals surface area contributed by atoms with Crippen LogP contribution in [0.25, 0.3) is 0 Å². The minimum Gasteiger partial charge on any atom is -0.369 e. The van der Waals surface area contributed by atoms with Crippen molar-refractivity contribution in [2.24, 2.45) is 16.6 Å². The molecule has 2 saturated heterocycles. The standard InChI is InChI=1S/C24H40N6O/c1-4-29(5-2)22-11-13-30(18-22)24(26-3)27-15-19-8-6-9-20(14-19)16-28-12-7-10-21(17-28)23(25)31/h6,8-9,14,21-22H,4-5,7,10-13,15-18H2,1-3H3,(H2,25,31)(H,26,27). The zero-order valence-electron chi connectivity index (χ0n) is 19.5. The molecule has 2 aliphatic rings. The summed E-state index contributed by atoms with van der Waals surface area (Å²) in [5.41, 5.74) is 8.06. The predicted molar refractivity (Wildman–Crippen MR) is 127 cm³/mol. The van der Waals surface area contributed by atoms with Crippen LogP contribution in [0.1, 0.15) is 44.2 Å². The summed E-state index contributed by atoms with van der Waals surface area (Å²) in [4.78, 5) is 23.4. The van der Waals surface area contributed by atoms with Crippen LogP contribution in [0.15, 0.2) is 29.3 Å². The van der Waals surface area contributed by atoms with Crippen LogP contribution in [-0.2, 0) is 17.9 Å². The first-order valence-corrected chi connectivity index (χ1v) is 11.8. The van der Waals surface area contributed by atoms with Crippen molar-refractivity contribution in [3.63, 3.8) is 0 Å². The van der Waals surface area contributed by atoms with Gasteiger partial charge in [-0.15, -0.1) is 0 Å². The molecule has 7 heteroatoms.